The van der Waals surface area contributed by atoms with Crippen molar-refractivity contribution in [2.45, 2.75) is 41.2 Å². The molecule has 108 valence electrons. The Kier molecular flexibility index (Phi) is 5.97. The Hall–Kier alpha value is -2.10. The van der Waals surface area contributed by atoms with Crippen LogP contribution < -0.4 is 5.73 Å². The van der Waals surface area contributed by atoms with E-state index in [9.17, 15) is 0 Å². The molecule has 3 rings (SSSR count). The molecule has 0 aliphatic heterocycles. The number of hydrogen-bond acceptors (Lipinski definition) is 3. The lowest BCUT2D eigenvalue weighted by Gasteiger charge is -2.01. The monoisotopic (exact) mass is 272 g/mol. The summed E-state index contributed by atoms with van der Waals surface area (Å²) in [5.41, 5.74) is 7.73. The second kappa shape index (κ2) is 7.48. The average molecular weight is 272 g/mol. The molecule has 2 heterocycles. The topological polar surface area (TPSA) is 56.7 Å². The molecule has 4 nitrogen and oxygen atoms in total. The number of nitrogens with two attached hydrogens (primary N) is 1. The first-order valence-corrected chi connectivity index (χ1v) is 7.30. The van der Waals surface area contributed by atoms with E-state index in [2.05, 4.69) is 33.6 Å². The second-order valence-electron chi connectivity index (χ2n) is 3.73. The molecule has 0 bridgehead atoms. The van der Waals surface area contributed by atoms with Crippen LogP contribution in [0.1, 0.15) is 34.6 Å². The van der Waals surface area contributed by atoms with E-state index < -0.39 is 0 Å². The second-order valence-corrected chi connectivity index (χ2v) is 3.73. The summed E-state index contributed by atoms with van der Waals surface area (Å²) in [7, 11) is 0. The fourth-order valence-corrected chi connectivity index (χ4v) is 2.15. The Morgan fingerprint density at radius 3 is 2.35 bits per heavy atom. The van der Waals surface area contributed by atoms with Gasteiger partial charge in [0, 0.05) is 23.5 Å². The third-order valence-corrected chi connectivity index (χ3v) is 2.84. The average Bonchev–Trinajstić information content (AvgIpc) is 2.84. The molecule has 0 fully saturated rings. The maximum atomic E-state index is 5.63. The Morgan fingerprint density at radius 2 is 1.70 bits per heavy atom. The molecule has 2 aromatic heterocycles. The zero-order valence-electron chi connectivity index (χ0n) is 13.0. The minimum Gasteiger partial charge on any atom is -0.368 e. The first-order chi connectivity index (χ1) is 9.81. The molecule has 20 heavy (non-hydrogen) atoms. The van der Waals surface area contributed by atoms with Crippen LogP contribution in [0.2, 0.25) is 0 Å². The van der Waals surface area contributed by atoms with E-state index in [-0.39, 0.29) is 0 Å². The first kappa shape index (κ1) is 16.0. The van der Waals surface area contributed by atoms with Gasteiger partial charge < -0.3 is 10.3 Å². The number of para-hydroxylation sites is 1. The summed E-state index contributed by atoms with van der Waals surface area (Å²) in [5, 5.41) is 2.24. The highest BCUT2D eigenvalue weighted by molar-refractivity contribution is 6.06. The fourth-order valence-electron chi connectivity index (χ4n) is 2.15. The highest BCUT2D eigenvalue weighted by Crippen LogP contribution is 2.27. The predicted molar refractivity (Wildman–Crippen MR) is 87.8 cm³/mol. The van der Waals surface area contributed by atoms with Crippen molar-refractivity contribution < 1.29 is 0 Å². The molecule has 0 saturated carbocycles. The van der Waals surface area contributed by atoms with Crippen LogP contribution in [0.25, 0.3) is 21.9 Å². The van der Waals surface area contributed by atoms with Crippen molar-refractivity contribution in [2.75, 3.05) is 5.73 Å². The van der Waals surface area contributed by atoms with Crippen LogP contribution in [0.15, 0.2) is 30.5 Å². The number of nitrogen functional groups attached to an aromatic ring is 1. The maximum Gasteiger partial charge on any atom is 0.221 e. The Bertz CT molecular complexity index is 671. The molecular weight excluding hydrogens is 248 g/mol. The van der Waals surface area contributed by atoms with Gasteiger partial charge in [0.15, 0.2) is 0 Å². The van der Waals surface area contributed by atoms with Gasteiger partial charge in [0.05, 0.1) is 5.52 Å². The van der Waals surface area contributed by atoms with Crippen LogP contribution >= 0.6 is 0 Å². The molecule has 1 aromatic carbocycles. The summed E-state index contributed by atoms with van der Waals surface area (Å²) >= 11 is 0. The molecule has 0 atom stereocenters. The minimum atomic E-state index is 0.324. The third-order valence-electron chi connectivity index (χ3n) is 2.84. The molecule has 0 radical (unpaired) electrons. The Balaban J connectivity index is 0.000000461. The van der Waals surface area contributed by atoms with Gasteiger partial charge in [0.1, 0.15) is 5.65 Å². The van der Waals surface area contributed by atoms with Crippen LogP contribution in [0.3, 0.4) is 0 Å². The van der Waals surface area contributed by atoms with Crippen LogP contribution in [0.5, 0.6) is 0 Å². The van der Waals surface area contributed by atoms with Crippen molar-refractivity contribution in [3.63, 3.8) is 0 Å². The van der Waals surface area contributed by atoms with Crippen molar-refractivity contribution in [1.29, 1.82) is 0 Å². The standard InChI is InChI=1S/C12H12N4.2C2H6/c1-2-16-10-6-4-3-5-8(10)9-7-14-12(13)15-11(9)16;2*1-2/h3-7H,2H2,1H3,(H2,13,14,15);2*1-2H3. The molecule has 0 unspecified atom stereocenters. The predicted octanol–water partition coefficient (Wildman–Crippen LogP) is 4.24. The number of hydrogen-bond donors (Lipinski definition) is 1. The molecule has 0 aliphatic rings. The van der Waals surface area contributed by atoms with Gasteiger partial charge >= 0.3 is 0 Å². The van der Waals surface area contributed by atoms with E-state index in [0.717, 1.165) is 17.6 Å². The van der Waals surface area contributed by atoms with Crippen molar-refractivity contribution in [2.24, 2.45) is 0 Å². The van der Waals surface area contributed by atoms with Gasteiger partial charge in [-0.15, -0.1) is 0 Å². The zero-order valence-corrected chi connectivity index (χ0v) is 13.0. The van der Waals surface area contributed by atoms with Gasteiger partial charge in [-0.05, 0) is 13.0 Å². The lowest BCUT2D eigenvalue weighted by Crippen LogP contribution is -1.99. The molecule has 0 amide bonds. The number of aryl methyl sites for hydroxylation is 1. The lowest BCUT2D eigenvalue weighted by molar-refractivity contribution is 0.815. The van der Waals surface area contributed by atoms with Crippen molar-refractivity contribution in [3.05, 3.63) is 30.5 Å². The molecular formula is C16H24N4. The highest BCUT2D eigenvalue weighted by Gasteiger charge is 2.10. The van der Waals surface area contributed by atoms with Crippen molar-refractivity contribution >= 4 is 27.9 Å². The quantitative estimate of drug-likeness (QED) is 0.721. The number of anilines is 1. The van der Waals surface area contributed by atoms with E-state index in [1.165, 1.54) is 10.9 Å². The van der Waals surface area contributed by atoms with E-state index in [1.807, 2.05) is 39.8 Å². The minimum absolute atomic E-state index is 0.324. The third kappa shape index (κ3) is 2.74. The summed E-state index contributed by atoms with van der Waals surface area (Å²) in [6.45, 7) is 11.0. The van der Waals surface area contributed by atoms with Crippen LogP contribution in [0, 0.1) is 0 Å². The van der Waals surface area contributed by atoms with Crippen LogP contribution in [-0.2, 0) is 6.54 Å². The van der Waals surface area contributed by atoms with Gasteiger partial charge in [0.2, 0.25) is 5.95 Å². The van der Waals surface area contributed by atoms with E-state index >= 15 is 0 Å². The van der Waals surface area contributed by atoms with Crippen LogP contribution in [-0.4, -0.2) is 14.5 Å². The van der Waals surface area contributed by atoms with E-state index in [0.29, 0.717) is 5.95 Å². The van der Waals surface area contributed by atoms with Gasteiger partial charge in [-0.3, -0.25) is 0 Å². The Morgan fingerprint density at radius 1 is 1.05 bits per heavy atom. The van der Waals surface area contributed by atoms with Gasteiger partial charge in [-0.1, -0.05) is 45.9 Å². The van der Waals surface area contributed by atoms with E-state index in [4.69, 9.17) is 5.73 Å². The molecule has 0 spiro atoms. The summed E-state index contributed by atoms with van der Waals surface area (Å²) < 4.78 is 2.16. The maximum absolute atomic E-state index is 5.63. The SMILES string of the molecule is CC.CC.CCn1c2ccccc2c2cnc(N)nc21. The number of aromatic nitrogens is 3. The molecule has 0 saturated heterocycles. The number of rotatable bonds is 1. The molecule has 3 aromatic rings. The normalized spacial score (nSPS) is 9.65. The smallest absolute Gasteiger partial charge is 0.221 e. The molecule has 0 aliphatic carbocycles. The number of benzene rings is 1. The summed E-state index contributed by atoms with van der Waals surface area (Å²) in [4.78, 5) is 8.37. The van der Waals surface area contributed by atoms with Crippen LogP contribution in [0.4, 0.5) is 5.95 Å². The van der Waals surface area contributed by atoms with Gasteiger partial charge in [-0.2, -0.15) is 4.98 Å². The number of fused-ring (bicyclic) bond motifs is 3. The van der Waals surface area contributed by atoms with Gasteiger partial charge in [0.25, 0.3) is 0 Å². The molecule has 2 N–H and O–H groups in total. The summed E-state index contributed by atoms with van der Waals surface area (Å²) in [5.74, 6) is 0.324. The highest BCUT2D eigenvalue weighted by atomic mass is 15.1. The zero-order chi connectivity index (χ0) is 15.1. The summed E-state index contributed by atoms with van der Waals surface area (Å²) in [6, 6.07) is 8.24. The first-order valence-electron chi connectivity index (χ1n) is 7.30. The number of nitrogens with zero attached hydrogens (tertiary/aromatic N) is 3. The van der Waals surface area contributed by atoms with E-state index in [1.54, 1.807) is 6.20 Å². The largest absolute Gasteiger partial charge is 0.368 e. The van der Waals surface area contributed by atoms with Gasteiger partial charge in [-0.25, -0.2) is 4.98 Å². The van der Waals surface area contributed by atoms with Crippen molar-refractivity contribution in [1.82, 2.24) is 14.5 Å². The van der Waals surface area contributed by atoms with Crippen molar-refractivity contribution in [3.8, 4) is 0 Å². The lowest BCUT2D eigenvalue weighted by atomic mass is 10.2. The summed E-state index contributed by atoms with van der Waals surface area (Å²) in [6.07, 6.45) is 1.80. The molecule has 4 heteroatoms. The Labute approximate surface area is 120 Å². The fraction of sp³-hybridized carbons (Fsp3) is 0.375.